The molecule has 1 unspecified atom stereocenters. The molecule has 84 valence electrons. The summed E-state index contributed by atoms with van der Waals surface area (Å²) in [6, 6.07) is 8.32. The number of rotatable bonds is 4. The zero-order valence-corrected chi connectivity index (χ0v) is 8.67. The molecule has 0 aliphatic carbocycles. The molecule has 0 saturated carbocycles. The molecule has 0 heterocycles. The number of benzene rings is 1. The number of nitrogens with zero attached hydrogens (tertiary/aromatic N) is 1. The molecule has 0 aliphatic rings. The van der Waals surface area contributed by atoms with Crippen molar-refractivity contribution in [3.63, 3.8) is 0 Å². The molecule has 0 radical (unpaired) electrons. The lowest BCUT2D eigenvalue weighted by atomic mass is 10.1. The summed E-state index contributed by atoms with van der Waals surface area (Å²) in [6.07, 6.45) is 0. The molecule has 2 N–H and O–H groups in total. The monoisotopic (exact) mass is 221 g/mol. The van der Waals surface area contributed by atoms with Crippen LogP contribution in [0.3, 0.4) is 0 Å². The summed E-state index contributed by atoms with van der Waals surface area (Å²) in [7, 11) is 0. The van der Waals surface area contributed by atoms with E-state index in [0.717, 1.165) is 6.92 Å². The van der Waals surface area contributed by atoms with Gasteiger partial charge in [-0.1, -0.05) is 12.1 Å². The van der Waals surface area contributed by atoms with Gasteiger partial charge in [0.05, 0.1) is 5.56 Å². The lowest BCUT2D eigenvalue weighted by Crippen LogP contribution is -2.41. The fourth-order valence-corrected chi connectivity index (χ4v) is 0.965. The van der Waals surface area contributed by atoms with Gasteiger partial charge in [-0.2, -0.15) is 5.26 Å². The number of hydrogen-bond acceptors (Lipinski definition) is 4. The number of carboxylic acids is 1. The van der Waals surface area contributed by atoms with E-state index in [4.69, 9.17) is 15.1 Å². The van der Waals surface area contributed by atoms with Crippen LogP contribution in [0.2, 0.25) is 0 Å². The van der Waals surface area contributed by atoms with Gasteiger partial charge in [0.15, 0.2) is 5.60 Å². The second-order valence-corrected chi connectivity index (χ2v) is 3.48. The molecule has 1 rings (SSSR count). The van der Waals surface area contributed by atoms with Crippen LogP contribution in [0, 0.1) is 11.3 Å². The van der Waals surface area contributed by atoms with Crippen LogP contribution in [0.25, 0.3) is 0 Å². The first-order valence-corrected chi connectivity index (χ1v) is 4.55. The number of aliphatic carboxylic acids is 1. The van der Waals surface area contributed by atoms with Crippen molar-refractivity contribution in [2.45, 2.75) is 12.5 Å². The zero-order valence-electron chi connectivity index (χ0n) is 8.67. The van der Waals surface area contributed by atoms with E-state index >= 15 is 0 Å². The van der Waals surface area contributed by atoms with Crippen LogP contribution < -0.4 is 4.74 Å². The fraction of sp³-hybridized carbons (Fsp3) is 0.273. The molecule has 1 atom stereocenters. The maximum absolute atomic E-state index is 10.6. The molecule has 16 heavy (non-hydrogen) atoms. The summed E-state index contributed by atoms with van der Waals surface area (Å²) >= 11 is 0. The molecule has 0 aliphatic heterocycles. The maximum atomic E-state index is 10.6. The number of nitriles is 1. The Kier molecular flexibility index (Phi) is 3.48. The molecule has 0 amide bonds. The molecule has 0 saturated heterocycles. The van der Waals surface area contributed by atoms with Gasteiger partial charge < -0.3 is 14.9 Å². The molecule has 5 nitrogen and oxygen atoms in total. The summed E-state index contributed by atoms with van der Waals surface area (Å²) in [5.41, 5.74) is -1.67. The lowest BCUT2D eigenvalue weighted by Gasteiger charge is -2.18. The van der Waals surface area contributed by atoms with E-state index in [0.29, 0.717) is 5.56 Å². The minimum atomic E-state index is -1.97. The normalized spacial score (nSPS) is 13.6. The van der Waals surface area contributed by atoms with Crippen molar-refractivity contribution in [3.05, 3.63) is 29.8 Å². The first-order chi connectivity index (χ1) is 7.47. The van der Waals surface area contributed by atoms with Gasteiger partial charge in [0.2, 0.25) is 0 Å². The van der Waals surface area contributed by atoms with E-state index in [1.807, 2.05) is 6.07 Å². The summed E-state index contributed by atoms with van der Waals surface area (Å²) in [5.74, 6) is -1.12. The summed E-state index contributed by atoms with van der Waals surface area (Å²) in [6.45, 7) is 0.714. The molecule has 0 aromatic heterocycles. The molecule has 1 aromatic rings. The number of carbonyl (C=O) groups is 1. The number of hydrogen-bond donors (Lipinski definition) is 2. The van der Waals surface area contributed by atoms with Crippen LogP contribution >= 0.6 is 0 Å². The van der Waals surface area contributed by atoms with Crippen LogP contribution in [0.1, 0.15) is 12.5 Å². The average molecular weight is 221 g/mol. The van der Waals surface area contributed by atoms with E-state index in [2.05, 4.69) is 0 Å². The van der Waals surface area contributed by atoms with Crippen molar-refractivity contribution in [2.24, 2.45) is 0 Å². The highest BCUT2D eigenvalue weighted by atomic mass is 16.5. The number of ether oxygens (including phenoxy) is 1. The van der Waals surface area contributed by atoms with Crippen molar-refractivity contribution in [1.82, 2.24) is 0 Å². The SMILES string of the molecule is CC(O)(COc1ccccc1C#N)C(=O)O. The molecule has 0 fully saturated rings. The summed E-state index contributed by atoms with van der Waals surface area (Å²) in [4.78, 5) is 10.6. The third-order valence-corrected chi connectivity index (χ3v) is 1.98. The molecule has 0 spiro atoms. The predicted molar refractivity (Wildman–Crippen MR) is 54.9 cm³/mol. The summed E-state index contributed by atoms with van der Waals surface area (Å²) < 4.78 is 5.10. The van der Waals surface area contributed by atoms with Gasteiger partial charge >= 0.3 is 5.97 Å². The molecule has 5 heteroatoms. The van der Waals surface area contributed by atoms with Gasteiger partial charge in [-0.3, -0.25) is 0 Å². The zero-order chi connectivity index (χ0) is 12.2. The largest absolute Gasteiger partial charge is 0.489 e. The Bertz CT molecular complexity index is 434. The Morgan fingerprint density at radius 2 is 2.19 bits per heavy atom. The smallest absolute Gasteiger partial charge is 0.339 e. The highest BCUT2D eigenvalue weighted by Gasteiger charge is 2.31. The van der Waals surface area contributed by atoms with Gasteiger partial charge in [0, 0.05) is 0 Å². The molecular formula is C11H11NO4. The molecular weight excluding hydrogens is 210 g/mol. The van der Waals surface area contributed by atoms with E-state index < -0.39 is 18.2 Å². The molecule has 0 bridgehead atoms. The molecule has 1 aromatic carbocycles. The first-order valence-electron chi connectivity index (χ1n) is 4.55. The van der Waals surface area contributed by atoms with Gasteiger partial charge in [-0.05, 0) is 19.1 Å². The second kappa shape index (κ2) is 4.64. The fourth-order valence-electron chi connectivity index (χ4n) is 0.965. The van der Waals surface area contributed by atoms with Gasteiger partial charge in [0.1, 0.15) is 18.4 Å². The van der Waals surface area contributed by atoms with E-state index in [1.54, 1.807) is 18.2 Å². The van der Waals surface area contributed by atoms with Crippen molar-refractivity contribution in [3.8, 4) is 11.8 Å². The minimum Gasteiger partial charge on any atom is -0.489 e. The van der Waals surface area contributed by atoms with Crippen LogP contribution in [0.4, 0.5) is 0 Å². The number of carboxylic acid groups (broad SMARTS) is 1. The Labute approximate surface area is 92.5 Å². The first kappa shape index (κ1) is 12.0. The average Bonchev–Trinajstić information content (AvgIpc) is 2.26. The highest BCUT2D eigenvalue weighted by Crippen LogP contribution is 2.18. The number of aliphatic hydroxyl groups is 1. The highest BCUT2D eigenvalue weighted by molar-refractivity contribution is 5.76. The van der Waals surface area contributed by atoms with Gasteiger partial charge in [0.25, 0.3) is 0 Å². The Morgan fingerprint density at radius 3 is 2.75 bits per heavy atom. The lowest BCUT2D eigenvalue weighted by molar-refractivity contribution is -0.159. The maximum Gasteiger partial charge on any atom is 0.339 e. The topological polar surface area (TPSA) is 90.5 Å². The van der Waals surface area contributed by atoms with E-state index in [1.165, 1.54) is 6.07 Å². The van der Waals surface area contributed by atoms with Gasteiger partial charge in [-0.25, -0.2) is 4.79 Å². The third kappa shape index (κ3) is 2.72. The van der Waals surface area contributed by atoms with E-state index in [-0.39, 0.29) is 5.75 Å². The standard InChI is InChI=1S/C11H11NO4/c1-11(15,10(13)14)7-16-9-5-3-2-4-8(9)6-12/h2-5,15H,7H2,1H3,(H,13,14). The Hall–Kier alpha value is -2.06. The van der Waals surface area contributed by atoms with Crippen molar-refractivity contribution in [1.29, 1.82) is 5.26 Å². The van der Waals surface area contributed by atoms with Crippen molar-refractivity contribution in [2.75, 3.05) is 6.61 Å². The van der Waals surface area contributed by atoms with Crippen LogP contribution in [0.5, 0.6) is 5.75 Å². The van der Waals surface area contributed by atoms with Gasteiger partial charge in [-0.15, -0.1) is 0 Å². The quantitative estimate of drug-likeness (QED) is 0.783. The van der Waals surface area contributed by atoms with Crippen molar-refractivity contribution >= 4 is 5.97 Å². The van der Waals surface area contributed by atoms with Crippen LogP contribution in [-0.2, 0) is 4.79 Å². The predicted octanol–water partition coefficient (Wildman–Crippen LogP) is 0.773. The van der Waals surface area contributed by atoms with Crippen molar-refractivity contribution < 1.29 is 19.7 Å². The van der Waals surface area contributed by atoms with Crippen LogP contribution in [0.15, 0.2) is 24.3 Å². The summed E-state index contributed by atoms with van der Waals surface area (Å²) in [5, 5.41) is 26.8. The van der Waals surface area contributed by atoms with Crippen LogP contribution in [-0.4, -0.2) is 28.4 Å². The third-order valence-electron chi connectivity index (χ3n) is 1.98. The minimum absolute atomic E-state index is 0.256. The Balaban J connectivity index is 2.76. The second-order valence-electron chi connectivity index (χ2n) is 3.48. The number of para-hydroxylation sites is 1. The Morgan fingerprint density at radius 1 is 1.56 bits per heavy atom. The van der Waals surface area contributed by atoms with E-state index in [9.17, 15) is 9.90 Å².